The number of amides is 2. The predicted octanol–water partition coefficient (Wildman–Crippen LogP) is -1.51. The molecule has 2 amide bonds. The van der Waals surface area contributed by atoms with Crippen molar-refractivity contribution in [3.8, 4) is 0 Å². The number of halogens is 2. The maximum absolute atomic E-state index is 14.2. The monoisotopic (exact) mass is 475 g/mol. The fourth-order valence-corrected chi connectivity index (χ4v) is 3.79. The van der Waals surface area contributed by atoms with Crippen LogP contribution in [-0.4, -0.2) is 58.6 Å². The molecule has 1 aliphatic rings. The summed E-state index contributed by atoms with van der Waals surface area (Å²) in [6, 6.07) is 5.80. The average Bonchev–Trinajstić information content (AvgIpc) is 3.14. The number of hydrogen-bond acceptors (Lipinski definition) is 7. The molecule has 0 radical (unpaired) electrons. The molecule has 13 heteroatoms. The Balaban J connectivity index is 1.81. The number of carbonyl (C=O) groups is 2. The van der Waals surface area contributed by atoms with Crippen LogP contribution in [-0.2, 0) is 22.6 Å². The van der Waals surface area contributed by atoms with Crippen LogP contribution in [0.15, 0.2) is 30.3 Å². The van der Waals surface area contributed by atoms with Crippen LogP contribution in [0.3, 0.4) is 0 Å². The topological polar surface area (TPSA) is 159 Å². The Hall–Kier alpha value is -2.83. The zero-order chi connectivity index (χ0) is 25.0. The van der Waals surface area contributed by atoms with Crippen molar-refractivity contribution in [2.45, 2.75) is 38.5 Å². The summed E-state index contributed by atoms with van der Waals surface area (Å²) < 4.78 is 33.6. The van der Waals surface area contributed by atoms with Crippen LogP contribution in [0.2, 0.25) is 0 Å². The summed E-state index contributed by atoms with van der Waals surface area (Å²) in [6.07, 6.45) is 1.22. The summed E-state index contributed by atoms with van der Waals surface area (Å²) in [5.41, 5.74) is 11.5. The first kappa shape index (κ1) is 25.8. The Morgan fingerprint density at radius 2 is 1.85 bits per heavy atom. The van der Waals surface area contributed by atoms with Crippen molar-refractivity contribution in [2.75, 3.05) is 6.54 Å². The van der Waals surface area contributed by atoms with Crippen LogP contribution >= 0.6 is 0 Å². The van der Waals surface area contributed by atoms with Gasteiger partial charge in [-0.1, -0.05) is 6.07 Å². The Morgan fingerprint density at radius 1 is 1.18 bits per heavy atom. The molecule has 0 fully saturated rings. The zero-order valence-corrected chi connectivity index (χ0v) is 18.3. The standard InChI is InChI=1S/C21H25B2F2N3O6/c24-16-7-12(8-17(25)19(16)22(31)32)10-28(6-2-1-3-18(26)20(27)29)21(30)13-4-5-14-11-34-23(33)15(14)9-13/h4-5,7-9,18,31-33H,1-3,6,10-11,26H2,(H2,27,29)/t18-/m0/s1. The van der Waals surface area contributed by atoms with Gasteiger partial charge in [0.2, 0.25) is 5.91 Å². The number of nitrogens with zero attached hydrogens (tertiary/aromatic N) is 1. The highest BCUT2D eigenvalue weighted by molar-refractivity contribution is 6.61. The number of hydrogen-bond donors (Lipinski definition) is 5. The number of unbranched alkanes of at least 4 members (excludes halogenated alkanes) is 1. The minimum atomic E-state index is -2.32. The van der Waals surface area contributed by atoms with E-state index in [2.05, 4.69) is 0 Å². The molecule has 1 aliphatic heterocycles. The van der Waals surface area contributed by atoms with Gasteiger partial charge in [-0.3, -0.25) is 9.59 Å². The Kier molecular flexibility index (Phi) is 8.39. The molecule has 0 aromatic heterocycles. The molecule has 2 aromatic rings. The highest BCUT2D eigenvalue weighted by Gasteiger charge is 2.29. The number of fused-ring (bicyclic) bond motifs is 1. The van der Waals surface area contributed by atoms with Crippen LogP contribution < -0.4 is 22.4 Å². The summed E-state index contributed by atoms with van der Waals surface area (Å²) in [5.74, 6) is -3.39. The van der Waals surface area contributed by atoms with E-state index in [1.54, 1.807) is 12.1 Å². The van der Waals surface area contributed by atoms with Crippen molar-refractivity contribution in [1.29, 1.82) is 0 Å². The van der Waals surface area contributed by atoms with E-state index in [9.17, 15) is 23.4 Å². The fraction of sp³-hybridized carbons (Fsp3) is 0.333. The first-order valence-corrected chi connectivity index (χ1v) is 10.7. The summed E-state index contributed by atoms with van der Waals surface area (Å²) in [6.45, 7) is 0.219. The van der Waals surface area contributed by atoms with E-state index in [0.29, 0.717) is 24.7 Å². The molecule has 0 unspecified atom stereocenters. The molecule has 0 spiro atoms. The lowest BCUT2D eigenvalue weighted by atomic mass is 9.78. The van der Waals surface area contributed by atoms with Crippen molar-refractivity contribution < 1.29 is 38.1 Å². The molecular formula is C21H25B2F2N3O6. The third kappa shape index (κ3) is 5.99. The minimum Gasteiger partial charge on any atom is -0.423 e. The highest BCUT2D eigenvalue weighted by Crippen LogP contribution is 2.17. The Labute approximate surface area is 195 Å². The van der Waals surface area contributed by atoms with E-state index in [1.165, 1.54) is 11.0 Å². The molecule has 34 heavy (non-hydrogen) atoms. The average molecular weight is 475 g/mol. The van der Waals surface area contributed by atoms with E-state index in [-0.39, 0.29) is 30.8 Å². The van der Waals surface area contributed by atoms with E-state index in [4.69, 9.17) is 26.2 Å². The fourth-order valence-electron chi connectivity index (χ4n) is 3.79. The van der Waals surface area contributed by atoms with Crippen molar-refractivity contribution in [1.82, 2.24) is 4.90 Å². The number of primary amides is 1. The summed E-state index contributed by atoms with van der Waals surface area (Å²) in [7, 11) is -3.46. The van der Waals surface area contributed by atoms with Crippen LogP contribution in [0.5, 0.6) is 0 Å². The first-order chi connectivity index (χ1) is 16.1. The second-order valence-corrected chi connectivity index (χ2v) is 8.16. The summed E-state index contributed by atoms with van der Waals surface area (Å²) >= 11 is 0. The normalized spacial score (nSPS) is 13.5. The lowest BCUT2D eigenvalue weighted by molar-refractivity contribution is -0.119. The Bertz CT molecular complexity index is 1050. The van der Waals surface area contributed by atoms with Gasteiger partial charge in [-0.05, 0) is 60.1 Å². The third-order valence-corrected chi connectivity index (χ3v) is 5.67. The molecule has 0 bridgehead atoms. The smallest absolute Gasteiger partial charge is 0.423 e. The van der Waals surface area contributed by atoms with Crippen LogP contribution in [0, 0.1) is 11.6 Å². The van der Waals surface area contributed by atoms with Crippen molar-refractivity contribution in [3.63, 3.8) is 0 Å². The minimum absolute atomic E-state index is 0.103. The van der Waals surface area contributed by atoms with Gasteiger partial charge in [-0.25, -0.2) is 8.78 Å². The molecule has 9 nitrogen and oxygen atoms in total. The number of carbonyl (C=O) groups excluding carboxylic acids is 2. The Morgan fingerprint density at radius 3 is 2.47 bits per heavy atom. The lowest BCUT2D eigenvalue weighted by Gasteiger charge is -2.24. The maximum atomic E-state index is 14.2. The van der Waals surface area contributed by atoms with Gasteiger partial charge in [-0.15, -0.1) is 0 Å². The van der Waals surface area contributed by atoms with Gasteiger partial charge in [0.15, 0.2) is 0 Å². The number of nitrogens with two attached hydrogens (primary N) is 2. The third-order valence-electron chi connectivity index (χ3n) is 5.67. The van der Waals surface area contributed by atoms with Gasteiger partial charge < -0.3 is 36.1 Å². The van der Waals surface area contributed by atoms with E-state index in [0.717, 1.165) is 17.7 Å². The molecule has 1 heterocycles. The van der Waals surface area contributed by atoms with Gasteiger partial charge in [0.1, 0.15) is 11.6 Å². The molecule has 3 rings (SSSR count). The maximum Gasteiger partial charge on any atom is 0.494 e. The van der Waals surface area contributed by atoms with Gasteiger partial charge in [0.05, 0.1) is 18.1 Å². The molecule has 0 saturated carbocycles. The quantitative estimate of drug-likeness (QED) is 0.206. The SMILES string of the molecule is NC(=O)[C@@H](N)CCCCN(Cc1cc(F)c(B(O)O)c(F)c1)C(=O)c1ccc2c(c1)B(O)OC2. The largest absolute Gasteiger partial charge is 0.494 e. The zero-order valence-electron chi connectivity index (χ0n) is 18.3. The van der Waals surface area contributed by atoms with Gasteiger partial charge in [-0.2, -0.15) is 0 Å². The second-order valence-electron chi connectivity index (χ2n) is 8.16. The van der Waals surface area contributed by atoms with Crippen LogP contribution in [0.4, 0.5) is 8.78 Å². The molecule has 1 atom stereocenters. The second kappa shape index (κ2) is 11.1. The first-order valence-electron chi connectivity index (χ1n) is 10.7. The molecule has 2 aromatic carbocycles. The summed E-state index contributed by atoms with van der Waals surface area (Å²) in [5, 5.41) is 28.3. The van der Waals surface area contributed by atoms with Crippen molar-refractivity contribution >= 4 is 37.0 Å². The predicted molar refractivity (Wildman–Crippen MR) is 121 cm³/mol. The van der Waals surface area contributed by atoms with Crippen LogP contribution in [0.25, 0.3) is 0 Å². The highest BCUT2D eigenvalue weighted by atomic mass is 19.1. The van der Waals surface area contributed by atoms with E-state index >= 15 is 0 Å². The van der Waals surface area contributed by atoms with Crippen molar-refractivity contribution in [2.24, 2.45) is 11.5 Å². The summed E-state index contributed by atoms with van der Waals surface area (Å²) in [4.78, 5) is 25.8. The lowest BCUT2D eigenvalue weighted by Crippen LogP contribution is -2.37. The van der Waals surface area contributed by atoms with Gasteiger partial charge in [0.25, 0.3) is 5.91 Å². The van der Waals surface area contributed by atoms with Crippen LogP contribution in [0.1, 0.15) is 40.7 Å². The molecule has 0 saturated heterocycles. The molecule has 0 aliphatic carbocycles. The van der Waals surface area contributed by atoms with Crippen molar-refractivity contribution in [3.05, 3.63) is 58.7 Å². The van der Waals surface area contributed by atoms with Gasteiger partial charge in [0, 0.05) is 18.7 Å². The number of benzene rings is 2. The van der Waals surface area contributed by atoms with E-state index in [1.807, 2.05) is 0 Å². The number of rotatable bonds is 10. The van der Waals surface area contributed by atoms with E-state index < -0.39 is 49.2 Å². The van der Waals surface area contributed by atoms with Gasteiger partial charge >= 0.3 is 14.2 Å². The molecule has 7 N–H and O–H groups in total. The molecular weight excluding hydrogens is 450 g/mol. The molecule has 180 valence electrons.